The molecule has 0 radical (unpaired) electrons. The lowest BCUT2D eigenvalue weighted by molar-refractivity contribution is -0.118. The number of aromatic nitrogens is 3. The van der Waals surface area contributed by atoms with Crippen molar-refractivity contribution in [1.82, 2.24) is 15.2 Å². The van der Waals surface area contributed by atoms with Crippen LogP contribution in [0, 0.1) is 11.3 Å². The molecule has 1 aromatic carbocycles. The highest BCUT2D eigenvalue weighted by molar-refractivity contribution is 5.95. The van der Waals surface area contributed by atoms with Gasteiger partial charge in [-0.05, 0) is 42.5 Å². The fourth-order valence-corrected chi connectivity index (χ4v) is 2.66. The maximum absolute atomic E-state index is 12.2. The third-order valence-electron chi connectivity index (χ3n) is 4.61. The first-order chi connectivity index (χ1) is 10.6. The molecular weight excluding hydrogens is 314 g/mol. The van der Waals surface area contributed by atoms with Crippen LogP contribution in [0.4, 0.5) is 5.69 Å². The second kappa shape index (κ2) is 6.68. The SMILES string of the molecule is CCC1(C)CC1C(=O)Nc1ccc(-c2n[nH]c(CN)n2)cc1.Cl. The molecule has 6 nitrogen and oxygen atoms in total. The summed E-state index contributed by atoms with van der Waals surface area (Å²) in [6.07, 6.45) is 2.02. The molecule has 1 fully saturated rings. The third-order valence-corrected chi connectivity index (χ3v) is 4.61. The molecule has 7 heteroatoms. The topological polar surface area (TPSA) is 96.7 Å². The average molecular weight is 336 g/mol. The fraction of sp³-hybridized carbons (Fsp3) is 0.438. The van der Waals surface area contributed by atoms with E-state index in [4.69, 9.17) is 5.73 Å². The van der Waals surface area contributed by atoms with Crippen molar-refractivity contribution in [3.8, 4) is 11.4 Å². The third kappa shape index (κ3) is 3.54. The number of nitrogens with zero attached hydrogens (tertiary/aromatic N) is 2. The molecule has 124 valence electrons. The molecule has 2 atom stereocenters. The van der Waals surface area contributed by atoms with E-state index < -0.39 is 0 Å². The summed E-state index contributed by atoms with van der Waals surface area (Å²) in [4.78, 5) is 16.5. The molecule has 23 heavy (non-hydrogen) atoms. The highest BCUT2D eigenvalue weighted by Crippen LogP contribution is 2.55. The molecule has 0 spiro atoms. The minimum Gasteiger partial charge on any atom is -0.326 e. The first-order valence-corrected chi connectivity index (χ1v) is 7.58. The Morgan fingerprint density at radius 3 is 2.65 bits per heavy atom. The summed E-state index contributed by atoms with van der Waals surface area (Å²) in [5.41, 5.74) is 7.38. The van der Waals surface area contributed by atoms with E-state index in [1.165, 1.54) is 0 Å². The summed E-state index contributed by atoms with van der Waals surface area (Å²) >= 11 is 0. The highest BCUT2D eigenvalue weighted by Gasteiger charge is 2.52. The second-order valence-corrected chi connectivity index (χ2v) is 6.14. The predicted molar refractivity (Wildman–Crippen MR) is 92.1 cm³/mol. The van der Waals surface area contributed by atoms with Crippen LogP contribution in [-0.4, -0.2) is 21.1 Å². The zero-order chi connectivity index (χ0) is 15.7. The van der Waals surface area contributed by atoms with Gasteiger partial charge in [0.05, 0.1) is 6.54 Å². The number of rotatable bonds is 5. The Morgan fingerprint density at radius 2 is 2.13 bits per heavy atom. The molecule has 4 N–H and O–H groups in total. The van der Waals surface area contributed by atoms with Gasteiger partial charge in [0.15, 0.2) is 5.82 Å². The van der Waals surface area contributed by atoms with Crippen molar-refractivity contribution < 1.29 is 4.79 Å². The van der Waals surface area contributed by atoms with Gasteiger partial charge in [0.25, 0.3) is 0 Å². The molecule has 3 rings (SSSR count). The number of aromatic amines is 1. The molecule has 1 saturated carbocycles. The van der Waals surface area contributed by atoms with Gasteiger partial charge in [-0.15, -0.1) is 12.4 Å². The lowest BCUT2D eigenvalue weighted by atomic mass is 10.0. The lowest BCUT2D eigenvalue weighted by Gasteiger charge is -2.08. The Morgan fingerprint density at radius 1 is 1.43 bits per heavy atom. The first-order valence-electron chi connectivity index (χ1n) is 7.58. The number of nitrogens with two attached hydrogens (primary N) is 1. The Kier molecular flexibility index (Phi) is 5.06. The average Bonchev–Trinajstić information content (AvgIpc) is 3.01. The second-order valence-electron chi connectivity index (χ2n) is 6.14. The van der Waals surface area contributed by atoms with Gasteiger partial charge in [0, 0.05) is 17.2 Å². The van der Waals surface area contributed by atoms with Crippen molar-refractivity contribution in [3.63, 3.8) is 0 Å². The number of halogens is 1. The van der Waals surface area contributed by atoms with Gasteiger partial charge in [0.2, 0.25) is 5.91 Å². The number of amides is 1. The standard InChI is InChI=1S/C16H21N5O.ClH/c1-3-16(2)8-12(16)15(22)18-11-6-4-10(5-7-11)14-19-13(9-17)20-21-14;/h4-7,12H,3,8-9,17H2,1-2H3,(H,18,22)(H,19,20,21);1H. The number of hydrogen-bond acceptors (Lipinski definition) is 4. The van der Waals surface area contributed by atoms with Crippen molar-refractivity contribution in [2.75, 3.05) is 5.32 Å². The van der Waals surface area contributed by atoms with Crippen LogP contribution in [0.3, 0.4) is 0 Å². The Balaban J connectivity index is 0.00000192. The van der Waals surface area contributed by atoms with E-state index in [1.807, 2.05) is 24.3 Å². The van der Waals surface area contributed by atoms with Crippen molar-refractivity contribution in [2.24, 2.45) is 17.1 Å². The molecule has 0 aliphatic heterocycles. The van der Waals surface area contributed by atoms with E-state index in [9.17, 15) is 4.79 Å². The maximum Gasteiger partial charge on any atom is 0.228 e. The Hall–Kier alpha value is -1.92. The van der Waals surface area contributed by atoms with Gasteiger partial charge in [-0.2, -0.15) is 5.10 Å². The summed E-state index contributed by atoms with van der Waals surface area (Å²) < 4.78 is 0. The Labute approximate surface area is 141 Å². The van der Waals surface area contributed by atoms with Gasteiger partial charge >= 0.3 is 0 Å². The number of benzene rings is 1. The summed E-state index contributed by atoms with van der Waals surface area (Å²) in [6, 6.07) is 7.53. The number of carbonyl (C=O) groups excluding carboxylic acids is 1. The maximum atomic E-state index is 12.2. The van der Waals surface area contributed by atoms with Crippen LogP contribution in [0.25, 0.3) is 11.4 Å². The zero-order valence-electron chi connectivity index (χ0n) is 13.3. The number of hydrogen-bond donors (Lipinski definition) is 3. The van der Waals surface area contributed by atoms with Gasteiger partial charge < -0.3 is 11.1 Å². The van der Waals surface area contributed by atoms with E-state index >= 15 is 0 Å². The van der Waals surface area contributed by atoms with E-state index in [0.29, 0.717) is 18.2 Å². The van der Waals surface area contributed by atoms with E-state index in [-0.39, 0.29) is 29.6 Å². The summed E-state index contributed by atoms with van der Waals surface area (Å²) in [7, 11) is 0. The van der Waals surface area contributed by atoms with Gasteiger partial charge in [-0.3, -0.25) is 9.89 Å². The van der Waals surface area contributed by atoms with Crippen LogP contribution < -0.4 is 11.1 Å². The molecule has 2 unspecified atom stereocenters. The van der Waals surface area contributed by atoms with Crippen molar-refractivity contribution in [3.05, 3.63) is 30.1 Å². The molecular formula is C16H22ClN5O. The smallest absolute Gasteiger partial charge is 0.228 e. The van der Waals surface area contributed by atoms with Crippen LogP contribution in [0.1, 0.15) is 32.5 Å². The number of H-pyrrole nitrogens is 1. The fourth-order valence-electron chi connectivity index (χ4n) is 2.66. The van der Waals surface area contributed by atoms with Gasteiger partial charge in [0.1, 0.15) is 5.82 Å². The van der Waals surface area contributed by atoms with Crippen LogP contribution in [0.15, 0.2) is 24.3 Å². The summed E-state index contributed by atoms with van der Waals surface area (Å²) in [5.74, 6) is 1.51. The molecule has 2 aromatic rings. The normalized spacial score (nSPS) is 22.3. The van der Waals surface area contributed by atoms with Crippen LogP contribution in [-0.2, 0) is 11.3 Å². The molecule has 1 aliphatic carbocycles. The summed E-state index contributed by atoms with van der Waals surface area (Å²) in [6.45, 7) is 4.63. The van der Waals surface area contributed by atoms with Crippen molar-refractivity contribution in [1.29, 1.82) is 0 Å². The molecule has 1 aliphatic rings. The predicted octanol–water partition coefficient (Wildman–Crippen LogP) is 2.73. The minimum absolute atomic E-state index is 0. The summed E-state index contributed by atoms with van der Waals surface area (Å²) in [5, 5.41) is 9.88. The van der Waals surface area contributed by atoms with Crippen molar-refractivity contribution >= 4 is 24.0 Å². The molecule has 0 bridgehead atoms. The van der Waals surface area contributed by atoms with Gasteiger partial charge in [-0.1, -0.05) is 13.8 Å². The quantitative estimate of drug-likeness (QED) is 0.782. The first kappa shape index (κ1) is 17.4. The van der Waals surface area contributed by atoms with E-state index in [1.54, 1.807) is 0 Å². The van der Waals surface area contributed by atoms with Crippen LogP contribution in [0.2, 0.25) is 0 Å². The highest BCUT2D eigenvalue weighted by atomic mass is 35.5. The molecule has 0 saturated heterocycles. The molecule has 1 heterocycles. The monoisotopic (exact) mass is 335 g/mol. The minimum atomic E-state index is 0. The number of nitrogens with one attached hydrogen (secondary N) is 2. The van der Waals surface area contributed by atoms with Crippen molar-refractivity contribution in [2.45, 2.75) is 33.2 Å². The number of anilines is 1. The van der Waals surface area contributed by atoms with Crippen LogP contribution >= 0.6 is 12.4 Å². The van der Waals surface area contributed by atoms with E-state index in [0.717, 1.165) is 24.1 Å². The van der Waals surface area contributed by atoms with Crippen LogP contribution in [0.5, 0.6) is 0 Å². The largest absolute Gasteiger partial charge is 0.326 e. The number of carbonyl (C=O) groups is 1. The molecule has 1 aromatic heterocycles. The molecule has 1 amide bonds. The van der Waals surface area contributed by atoms with E-state index in [2.05, 4.69) is 34.3 Å². The lowest BCUT2D eigenvalue weighted by Crippen LogP contribution is -2.17. The Bertz CT molecular complexity index is 684. The zero-order valence-corrected chi connectivity index (χ0v) is 14.1. The van der Waals surface area contributed by atoms with Gasteiger partial charge in [-0.25, -0.2) is 4.98 Å².